The van der Waals surface area contributed by atoms with Crippen molar-refractivity contribution in [3.8, 4) is 5.75 Å². The zero-order valence-corrected chi connectivity index (χ0v) is 12.2. The van der Waals surface area contributed by atoms with Crippen LogP contribution in [0.15, 0.2) is 18.2 Å². The molecule has 0 atom stereocenters. The first-order chi connectivity index (χ1) is 9.01. The van der Waals surface area contributed by atoms with Gasteiger partial charge in [-0.2, -0.15) is 0 Å². The van der Waals surface area contributed by atoms with Crippen molar-refractivity contribution in [2.75, 3.05) is 13.7 Å². The fourth-order valence-electron chi connectivity index (χ4n) is 2.04. The Morgan fingerprint density at radius 1 is 1.37 bits per heavy atom. The van der Waals surface area contributed by atoms with Gasteiger partial charge < -0.3 is 15.8 Å². The molecule has 0 spiro atoms. The number of nitrogens with two attached hydrogens (primary N) is 1. The van der Waals surface area contributed by atoms with E-state index < -0.39 is 0 Å². The number of methoxy groups -OCH3 is 1. The average Bonchev–Trinajstić information content (AvgIpc) is 2.45. The summed E-state index contributed by atoms with van der Waals surface area (Å²) in [6.07, 6.45) is 1.63. The molecule has 1 aromatic carbocycles. The largest absolute Gasteiger partial charge is 0.496 e. The highest BCUT2D eigenvalue weighted by atomic mass is 16.5. The van der Waals surface area contributed by atoms with Crippen molar-refractivity contribution < 1.29 is 9.53 Å². The molecule has 1 aromatic rings. The van der Waals surface area contributed by atoms with Gasteiger partial charge in [-0.3, -0.25) is 4.79 Å². The van der Waals surface area contributed by atoms with E-state index in [0.29, 0.717) is 12.1 Å². The number of amides is 1. The summed E-state index contributed by atoms with van der Waals surface area (Å²) in [5.74, 6) is 0.617. The second-order valence-electron chi connectivity index (χ2n) is 4.83. The Labute approximate surface area is 115 Å². The third kappa shape index (κ3) is 3.47. The number of hydrogen-bond donors (Lipinski definition) is 2. The first-order valence-electron chi connectivity index (χ1n) is 6.69. The first-order valence-corrected chi connectivity index (χ1v) is 6.69. The standard InChI is InChI=1S/C15H24N2O2/c1-5-15(6-2,10-16)17-14(18)12-8-7-11(3)13(9-12)19-4/h7-9H,5-6,10,16H2,1-4H3,(H,17,18). The van der Waals surface area contributed by atoms with Gasteiger partial charge in [0.2, 0.25) is 0 Å². The van der Waals surface area contributed by atoms with Gasteiger partial charge in [0.05, 0.1) is 12.6 Å². The van der Waals surface area contributed by atoms with Crippen LogP contribution < -0.4 is 15.8 Å². The fraction of sp³-hybridized carbons (Fsp3) is 0.533. The molecule has 0 heterocycles. The lowest BCUT2D eigenvalue weighted by Gasteiger charge is -2.31. The third-order valence-electron chi connectivity index (χ3n) is 3.79. The van der Waals surface area contributed by atoms with Crippen LogP contribution in [0.4, 0.5) is 0 Å². The Balaban J connectivity index is 2.94. The Hall–Kier alpha value is -1.55. The van der Waals surface area contributed by atoms with Gasteiger partial charge >= 0.3 is 0 Å². The highest BCUT2D eigenvalue weighted by molar-refractivity contribution is 5.95. The van der Waals surface area contributed by atoms with Gasteiger partial charge in [-0.15, -0.1) is 0 Å². The summed E-state index contributed by atoms with van der Waals surface area (Å²) < 4.78 is 5.24. The van der Waals surface area contributed by atoms with Crippen molar-refractivity contribution in [1.82, 2.24) is 5.32 Å². The van der Waals surface area contributed by atoms with Crippen molar-refractivity contribution >= 4 is 5.91 Å². The molecule has 106 valence electrons. The summed E-state index contributed by atoms with van der Waals surface area (Å²) in [6, 6.07) is 5.45. The predicted octanol–water partition coefficient (Wildman–Crippen LogP) is 2.25. The van der Waals surface area contributed by atoms with Crippen LogP contribution in [-0.2, 0) is 0 Å². The monoisotopic (exact) mass is 264 g/mol. The number of aryl methyl sites for hydroxylation is 1. The molecule has 1 rings (SSSR count). The van der Waals surface area contributed by atoms with Crippen LogP contribution in [0.25, 0.3) is 0 Å². The van der Waals surface area contributed by atoms with Crippen LogP contribution in [0.1, 0.15) is 42.6 Å². The molecule has 1 amide bonds. The van der Waals surface area contributed by atoms with Gasteiger partial charge in [0.15, 0.2) is 0 Å². The van der Waals surface area contributed by atoms with Crippen LogP contribution in [0.3, 0.4) is 0 Å². The Morgan fingerprint density at radius 3 is 2.47 bits per heavy atom. The van der Waals surface area contributed by atoms with Crippen LogP contribution in [0, 0.1) is 6.92 Å². The highest BCUT2D eigenvalue weighted by Crippen LogP contribution is 2.20. The lowest BCUT2D eigenvalue weighted by molar-refractivity contribution is 0.0895. The van der Waals surface area contributed by atoms with Crippen molar-refractivity contribution in [1.29, 1.82) is 0 Å². The van der Waals surface area contributed by atoms with Gasteiger partial charge in [0.1, 0.15) is 5.75 Å². The maximum atomic E-state index is 12.3. The maximum Gasteiger partial charge on any atom is 0.251 e. The van der Waals surface area contributed by atoms with Gasteiger partial charge in [-0.05, 0) is 37.5 Å². The van der Waals surface area contributed by atoms with Gasteiger partial charge in [-0.25, -0.2) is 0 Å². The number of nitrogens with one attached hydrogen (secondary N) is 1. The van der Waals surface area contributed by atoms with Crippen LogP contribution in [-0.4, -0.2) is 25.1 Å². The molecule has 0 aromatic heterocycles. The Morgan fingerprint density at radius 2 is 2.00 bits per heavy atom. The topological polar surface area (TPSA) is 64.3 Å². The van der Waals surface area contributed by atoms with Crippen LogP contribution in [0.5, 0.6) is 5.75 Å². The van der Waals surface area contributed by atoms with E-state index in [2.05, 4.69) is 5.32 Å². The molecule has 0 aliphatic rings. The summed E-state index contributed by atoms with van der Waals surface area (Å²) in [5.41, 5.74) is 7.08. The average molecular weight is 264 g/mol. The quantitative estimate of drug-likeness (QED) is 0.828. The molecule has 19 heavy (non-hydrogen) atoms. The molecule has 0 bridgehead atoms. The van der Waals surface area contributed by atoms with E-state index in [9.17, 15) is 4.79 Å². The van der Waals surface area contributed by atoms with E-state index >= 15 is 0 Å². The summed E-state index contributed by atoms with van der Waals surface area (Å²) >= 11 is 0. The summed E-state index contributed by atoms with van der Waals surface area (Å²) in [6.45, 7) is 6.45. The fourth-order valence-corrected chi connectivity index (χ4v) is 2.04. The zero-order chi connectivity index (χ0) is 14.5. The minimum atomic E-state index is -0.324. The Bertz CT molecular complexity index is 432. The van der Waals surface area contributed by atoms with Crippen molar-refractivity contribution in [3.05, 3.63) is 29.3 Å². The molecule has 4 nitrogen and oxygen atoms in total. The van der Waals surface area contributed by atoms with E-state index in [0.717, 1.165) is 24.2 Å². The molecule has 0 fully saturated rings. The lowest BCUT2D eigenvalue weighted by Crippen LogP contribution is -2.52. The van der Waals surface area contributed by atoms with Crippen LogP contribution in [0.2, 0.25) is 0 Å². The highest BCUT2D eigenvalue weighted by Gasteiger charge is 2.26. The third-order valence-corrected chi connectivity index (χ3v) is 3.79. The number of rotatable bonds is 6. The van der Waals surface area contributed by atoms with Crippen molar-refractivity contribution in [2.24, 2.45) is 5.73 Å². The lowest BCUT2D eigenvalue weighted by atomic mass is 9.92. The van der Waals surface area contributed by atoms with E-state index in [1.807, 2.05) is 26.8 Å². The number of ether oxygens (including phenoxy) is 1. The van der Waals surface area contributed by atoms with Crippen molar-refractivity contribution in [2.45, 2.75) is 39.2 Å². The smallest absolute Gasteiger partial charge is 0.251 e. The summed E-state index contributed by atoms with van der Waals surface area (Å²) in [5, 5.41) is 3.05. The molecule has 0 aliphatic carbocycles. The molecular formula is C15H24N2O2. The van der Waals surface area contributed by atoms with Crippen molar-refractivity contribution in [3.63, 3.8) is 0 Å². The van der Waals surface area contributed by atoms with Gasteiger partial charge in [0, 0.05) is 12.1 Å². The van der Waals surface area contributed by atoms with Gasteiger partial charge in [0.25, 0.3) is 5.91 Å². The Kier molecular flexibility index (Phi) is 5.36. The number of hydrogen-bond acceptors (Lipinski definition) is 3. The molecule has 0 saturated heterocycles. The maximum absolute atomic E-state index is 12.3. The molecule has 0 radical (unpaired) electrons. The van der Waals surface area contributed by atoms with E-state index in [1.165, 1.54) is 0 Å². The zero-order valence-electron chi connectivity index (χ0n) is 12.2. The number of benzene rings is 1. The molecule has 0 aliphatic heterocycles. The number of carbonyl (C=O) groups excluding carboxylic acids is 1. The van der Waals surface area contributed by atoms with Gasteiger partial charge in [-0.1, -0.05) is 19.9 Å². The second kappa shape index (κ2) is 6.57. The SMILES string of the molecule is CCC(CC)(CN)NC(=O)c1ccc(C)c(OC)c1. The second-order valence-corrected chi connectivity index (χ2v) is 4.83. The van der Waals surface area contributed by atoms with E-state index in [4.69, 9.17) is 10.5 Å². The molecule has 0 saturated carbocycles. The predicted molar refractivity (Wildman–Crippen MR) is 77.6 cm³/mol. The summed E-state index contributed by atoms with van der Waals surface area (Å²) in [7, 11) is 1.60. The van der Waals surface area contributed by atoms with Crippen LogP contribution >= 0.6 is 0 Å². The normalized spacial score (nSPS) is 11.2. The number of carbonyl (C=O) groups is 1. The molecule has 0 unspecified atom stereocenters. The molecular weight excluding hydrogens is 240 g/mol. The first kappa shape index (κ1) is 15.5. The minimum Gasteiger partial charge on any atom is -0.496 e. The minimum absolute atomic E-state index is 0.104. The molecule has 4 heteroatoms. The summed E-state index contributed by atoms with van der Waals surface area (Å²) in [4.78, 5) is 12.3. The van der Waals surface area contributed by atoms with E-state index in [1.54, 1.807) is 19.2 Å². The van der Waals surface area contributed by atoms with E-state index in [-0.39, 0.29) is 11.4 Å². The molecule has 3 N–H and O–H groups in total.